The van der Waals surface area contributed by atoms with Gasteiger partial charge in [-0.05, 0) is 12.8 Å². The van der Waals surface area contributed by atoms with Gasteiger partial charge in [0.2, 0.25) is 0 Å². The third kappa shape index (κ3) is 0.718. The van der Waals surface area contributed by atoms with E-state index in [1.54, 1.807) is 14.2 Å². The molecule has 0 spiro atoms. The average molecular weight is 198 g/mol. The maximum absolute atomic E-state index is 11.5. The first kappa shape index (κ1) is 8.68. The number of hydrogen-bond acceptors (Lipinski definition) is 4. The van der Waals surface area contributed by atoms with Crippen molar-refractivity contribution in [1.29, 1.82) is 0 Å². The van der Waals surface area contributed by atoms with E-state index in [0.29, 0.717) is 5.92 Å². The number of rotatable bonds is 2. The van der Waals surface area contributed by atoms with E-state index < -0.39 is 5.79 Å². The van der Waals surface area contributed by atoms with Crippen LogP contribution >= 0.6 is 0 Å². The zero-order valence-corrected chi connectivity index (χ0v) is 8.36. The zero-order chi connectivity index (χ0) is 9.92. The van der Waals surface area contributed by atoms with Crippen LogP contribution in [0.15, 0.2) is 0 Å². The Morgan fingerprint density at radius 1 is 1.36 bits per heavy atom. The average Bonchev–Trinajstić information content (AvgIpc) is 2.72. The Kier molecular flexibility index (Phi) is 1.55. The lowest BCUT2D eigenvalue weighted by atomic mass is 9.90. The largest absolute Gasteiger partial charge is 0.462 e. The SMILES string of the molecule is COC1(OC)[C@H]2C[C@@H]3OC(=O)[C@H](C2)[C@@H]31. The van der Waals surface area contributed by atoms with Crippen molar-refractivity contribution in [2.45, 2.75) is 24.7 Å². The van der Waals surface area contributed by atoms with Crippen LogP contribution in [0.25, 0.3) is 0 Å². The van der Waals surface area contributed by atoms with Crippen LogP contribution in [0.3, 0.4) is 0 Å². The molecule has 1 aliphatic heterocycles. The second kappa shape index (κ2) is 2.49. The van der Waals surface area contributed by atoms with Gasteiger partial charge in [0, 0.05) is 20.1 Å². The fourth-order valence-electron chi connectivity index (χ4n) is 3.67. The highest BCUT2D eigenvalue weighted by molar-refractivity contribution is 5.77. The molecule has 0 aromatic rings. The molecule has 0 N–H and O–H groups in total. The number of carbonyl (C=O) groups excluding carboxylic acids is 1. The maximum Gasteiger partial charge on any atom is 0.309 e. The van der Waals surface area contributed by atoms with Gasteiger partial charge in [-0.1, -0.05) is 0 Å². The van der Waals surface area contributed by atoms with Crippen LogP contribution in [0.2, 0.25) is 0 Å². The van der Waals surface area contributed by atoms with Gasteiger partial charge >= 0.3 is 5.97 Å². The highest BCUT2D eigenvalue weighted by atomic mass is 16.7. The molecule has 0 aromatic heterocycles. The molecule has 1 saturated heterocycles. The molecule has 0 aromatic carbocycles. The van der Waals surface area contributed by atoms with E-state index in [2.05, 4.69) is 0 Å². The number of carbonyl (C=O) groups is 1. The molecule has 2 saturated carbocycles. The number of methoxy groups -OCH3 is 2. The minimum atomic E-state index is -0.554. The second-order valence-corrected chi connectivity index (χ2v) is 4.41. The molecule has 0 unspecified atom stereocenters. The first-order valence-electron chi connectivity index (χ1n) is 5.03. The third-order valence-electron chi connectivity index (χ3n) is 4.13. The van der Waals surface area contributed by atoms with Crippen molar-refractivity contribution in [2.75, 3.05) is 14.2 Å². The summed E-state index contributed by atoms with van der Waals surface area (Å²) in [6.45, 7) is 0. The van der Waals surface area contributed by atoms with E-state index >= 15 is 0 Å². The maximum atomic E-state index is 11.5. The fourth-order valence-corrected chi connectivity index (χ4v) is 3.67. The van der Waals surface area contributed by atoms with Crippen LogP contribution in [-0.4, -0.2) is 32.1 Å². The predicted octanol–water partition coefficient (Wildman–Crippen LogP) is 0.557. The highest BCUT2D eigenvalue weighted by Gasteiger charge is 2.71. The molecule has 0 amide bonds. The van der Waals surface area contributed by atoms with Gasteiger partial charge in [-0.3, -0.25) is 4.79 Å². The van der Waals surface area contributed by atoms with E-state index in [1.165, 1.54) is 0 Å². The van der Waals surface area contributed by atoms with Gasteiger partial charge in [-0.15, -0.1) is 0 Å². The minimum Gasteiger partial charge on any atom is -0.462 e. The number of esters is 1. The molecule has 4 nitrogen and oxygen atoms in total. The monoisotopic (exact) mass is 198 g/mol. The summed E-state index contributed by atoms with van der Waals surface area (Å²) in [5.74, 6) is -0.155. The van der Waals surface area contributed by atoms with E-state index in [0.717, 1.165) is 12.8 Å². The molecule has 0 radical (unpaired) electrons. The van der Waals surface area contributed by atoms with Gasteiger partial charge in [-0.25, -0.2) is 0 Å². The standard InChI is InChI=1S/C10H14O4/c1-12-10(13-2)5-3-6-8(10)7(4-5)14-9(6)11/h5-8H,3-4H2,1-2H3/t5-,6-,7+,8+/m1/s1. The first-order valence-corrected chi connectivity index (χ1v) is 5.03. The summed E-state index contributed by atoms with van der Waals surface area (Å²) in [7, 11) is 3.31. The normalized spacial score (nSPS) is 47.1. The molecule has 4 atom stereocenters. The molecule has 2 aliphatic carbocycles. The highest BCUT2D eigenvalue weighted by Crippen LogP contribution is 2.61. The summed E-state index contributed by atoms with van der Waals surface area (Å²) in [5, 5.41) is 0. The van der Waals surface area contributed by atoms with Crippen molar-refractivity contribution in [3.05, 3.63) is 0 Å². The molecule has 2 bridgehead atoms. The smallest absolute Gasteiger partial charge is 0.309 e. The lowest BCUT2D eigenvalue weighted by Crippen LogP contribution is -2.40. The topological polar surface area (TPSA) is 44.8 Å². The molecule has 78 valence electrons. The summed E-state index contributed by atoms with van der Waals surface area (Å²) >= 11 is 0. The van der Waals surface area contributed by atoms with Gasteiger partial charge < -0.3 is 14.2 Å². The number of hydrogen-bond donors (Lipinski definition) is 0. The second-order valence-electron chi connectivity index (χ2n) is 4.41. The molecule has 14 heavy (non-hydrogen) atoms. The molecule has 3 rings (SSSR count). The summed E-state index contributed by atoms with van der Waals surface area (Å²) in [6.07, 6.45) is 1.79. The Bertz CT molecular complexity index is 284. The van der Waals surface area contributed by atoms with E-state index in [-0.39, 0.29) is 23.9 Å². The van der Waals surface area contributed by atoms with Gasteiger partial charge in [0.1, 0.15) is 6.10 Å². The summed E-state index contributed by atoms with van der Waals surface area (Å²) < 4.78 is 16.3. The molecule has 3 fully saturated rings. The zero-order valence-electron chi connectivity index (χ0n) is 8.36. The molecular formula is C10H14O4. The van der Waals surface area contributed by atoms with Crippen LogP contribution in [-0.2, 0) is 19.0 Å². The Labute approximate surface area is 82.5 Å². The van der Waals surface area contributed by atoms with Crippen LogP contribution in [0.4, 0.5) is 0 Å². The third-order valence-corrected chi connectivity index (χ3v) is 4.13. The lowest BCUT2D eigenvalue weighted by Gasteiger charge is -2.30. The van der Waals surface area contributed by atoms with Gasteiger partial charge in [0.05, 0.1) is 11.8 Å². The Hall–Kier alpha value is -0.610. The van der Waals surface area contributed by atoms with Crippen molar-refractivity contribution in [3.8, 4) is 0 Å². The van der Waals surface area contributed by atoms with Gasteiger partial charge in [0.15, 0.2) is 5.79 Å². The van der Waals surface area contributed by atoms with Crippen LogP contribution in [0.1, 0.15) is 12.8 Å². The van der Waals surface area contributed by atoms with E-state index in [1.807, 2.05) is 0 Å². The number of fused-ring (bicyclic) bond motifs is 1. The van der Waals surface area contributed by atoms with Crippen LogP contribution in [0.5, 0.6) is 0 Å². The van der Waals surface area contributed by atoms with E-state index in [4.69, 9.17) is 14.2 Å². The minimum absolute atomic E-state index is 0.0126. The predicted molar refractivity (Wildman–Crippen MR) is 46.3 cm³/mol. The Morgan fingerprint density at radius 3 is 2.57 bits per heavy atom. The van der Waals surface area contributed by atoms with Gasteiger partial charge in [-0.2, -0.15) is 0 Å². The first-order chi connectivity index (χ1) is 6.73. The fraction of sp³-hybridized carbons (Fsp3) is 0.900. The van der Waals surface area contributed by atoms with Gasteiger partial charge in [0.25, 0.3) is 0 Å². The van der Waals surface area contributed by atoms with Crippen molar-refractivity contribution in [3.63, 3.8) is 0 Å². The molecule has 4 heteroatoms. The van der Waals surface area contributed by atoms with Crippen molar-refractivity contribution in [1.82, 2.24) is 0 Å². The Morgan fingerprint density at radius 2 is 2.07 bits per heavy atom. The van der Waals surface area contributed by atoms with Crippen molar-refractivity contribution in [2.24, 2.45) is 17.8 Å². The Balaban J connectivity index is 2.03. The summed E-state index contributed by atoms with van der Waals surface area (Å²) in [4.78, 5) is 11.5. The van der Waals surface area contributed by atoms with Crippen LogP contribution in [0, 0.1) is 17.8 Å². The lowest BCUT2D eigenvalue weighted by molar-refractivity contribution is -0.238. The molecule has 1 heterocycles. The number of ether oxygens (including phenoxy) is 3. The molecule has 3 aliphatic rings. The van der Waals surface area contributed by atoms with E-state index in [9.17, 15) is 4.79 Å². The van der Waals surface area contributed by atoms with Crippen molar-refractivity contribution >= 4 is 5.97 Å². The van der Waals surface area contributed by atoms with Crippen LogP contribution < -0.4 is 0 Å². The summed E-state index contributed by atoms with van der Waals surface area (Å²) in [6, 6.07) is 0. The summed E-state index contributed by atoms with van der Waals surface area (Å²) in [5.41, 5.74) is 0. The quantitative estimate of drug-likeness (QED) is 0.480. The van der Waals surface area contributed by atoms with Crippen molar-refractivity contribution < 1.29 is 19.0 Å². The molecular weight excluding hydrogens is 184 g/mol.